The third-order valence-electron chi connectivity index (χ3n) is 11.5. The lowest BCUT2D eigenvalue weighted by molar-refractivity contribution is -0.156. The molecule has 1 N–H and O–H groups in total. The summed E-state index contributed by atoms with van der Waals surface area (Å²) in [6.07, 6.45) is 4.52. The molecule has 308 valence electrons. The Labute approximate surface area is 356 Å². The van der Waals surface area contributed by atoms with Crippen molar-refractivity contribution in [1.29, 1.82) is 0 Å². The minimum absolute atomic E-state index is 0.00330. The van der Waals surface area contributed by atoms with Crippen LogP contribution in [0, 0.1) is 0 Å². The molecule has 0 heterocycles. The molecular formula is C50H49ClN2O7. The van der Waals surface area contributed by atoms with Crippen molar-refractivity contribution in [2.45, 2.75) is 62.0 Å². The molecule has 1 unspecified atom stereocenters. The number of carbonyl (C=O) groups excluding carboxylic acids is 4. The maximum absolute atomic E-state index is 14.6. The first-order valence-corrected chi connectivity index (χ1v) is 20.8. The van der Waals surface area contributed by atoms with Gasteiger partial charge in [-0.05, 0) is 52.6 Å². The molecule has 5 aromatic rings. The van der Waals surface area contributed by atoms with Gasteiger partial charge in [-0.2, -0.15) is 0 Å². The Kier molecular flexibility index (Phi) is 13.5. The monoisotopic (exact) mass is 824 g/mol. The summed E-state index contributed by atoms with van der Waals surface area (Å²) < 4.78 is 17.6. The topological polar surface area (TPSA) is 111 Å². The van der Waals surface area contributed by atoms with Gasteiger partial charge in [-0.25, -0.2) is 4.79 Å². The summed E-state index contributed by atoms with van der Waals surface area (Å²) in [5.41, 5.74) is 5.71. The van der Waals surface area contributed by atoms with Gasteiger partial charge in [0.2, 0.25) is 5.91 Å². The summed E-state index contributed by atoms with van der Waals surface area (Å²) in [6, 6.07) is 39.2. The number of esters is 2. The Morgan fingerprint density at radius 3 is 2.03 bits per heavy atom. The zero-order valence-corrected chi connectivity index (χ0v) is 34.4. The van der Waals surface area contributed by atoms with Crippen molar-refractivity contribution >= 4 is 35.5 Å². The quantitative estimate of drug-likeness (QED) is 0.0457. The van der Waals surface area contributed by atoms with Crippen LogP contribution >= 0.6 is 11.6 Å². The maximum atomic E-state index is 14.6. The molecule has 5 aromatic carbocycles. The second-order valence-electron chi connectivity index (χ2n) is 15.3. The minimum Gasteiger partial charge on any atom is -0.461 e. The van der Waals surface area contributed by atoms with E-state index in [1.165, 1.54) is 36.4 Å². The molecule has 0 aliphatic heterocycles. The van der Waals surface area contributed by atoms with E-state index < -0.39 is 42.0 Å². The summed E-state index contributed by atoms with van der Waals surface area (Å²) in [7, 11) is 1.49. The molecular weight excluding hydrogens is 776 g/mol. The van der Waals surface area contributed by atoms with Crippen molar-refractivity contribution in [1.82, 2.24) is 10.2 Å². The maximum Gasteiger partial charge on any atom is 0.407 e. The lowest BCUT2D eigenvalue weighted by Crippen LogP contribution is -2.50. The molecule has 1 fully saturated rings. The Morgan fingerprint density at radius 2 is 1.38 bits per heavy atom. The van der Waals surface area contributed by atoms with Crippen molar-refractivity contribution < 1.29 is 33.4 Å². The fourth-order valence-electron chi connectivity index (χ4n) is 8.54. The van der Waals surface area contributed by atoms with E-state index in [-0.39, 0.29) is 32.1 Å². The van der Waals surface area contributed by atoms with E-state index >= 15 is 0 Å². The summed E-state index contributed by atoms with van der Waals surface area (Å²) in [4.78, 5) is 56.1. The third kappa shape index (κ3) is 9.16. The molecule has 2 amide bonds. The Hall–Kier alpha value is -6.19. The first-order valence-electron chi connectivity index (χ1n) is 20.5. The minimum atomic E-state index is -1.54. The number of carbonyl (C=O) groups is 4. The van der Waals surface area contributed by atoms with Gasteiger partial charge < -0.3 is 24.4 Å². The van der Waals surface area contributed by atoms with Crippen LogP contribution < -0.4 is 5.32 Å². The molecule has 0 bridgehead atoms. The van der Waals surface area contributed by atoms with Crippen molar-refractivity contribution in [3.63, 3.8) is 0 Å². The first-order chi connectivity index (χ1) is 29.2. The highest BCUT2D eigenvalue weighted by Gasteiger charge is 2.43. The average molecular weight is 825 g/mol. The summed E-state index contributed by atoms with van der Waals surface area (Å²) >= 11 is 6.97. The SMILES string of the molecule is C=CCOC(=O)CCN(C)C(=O)[C@H](CC(=O)OC(c1ccccc1)(c1ccc(C2CCCC2)cc1)c1ccccc1Cl)NC(=O)OCC1c2ccccc2-c2ccccc21. The number of fused-ring (bicyclic) bond motifs is 3. The number of hydrogen-bond acceptors (Lipinski definition) is 7. The molecule has 0 radical (unpaired) electrons. The summed E-state index contributed by atoms with van der Waals surface area (Å²) in [5, 5.41) is 3.05. The number of nitrogens with zero attached hydrogens (tertiary/aromatic N) is 1. The van der Waals surface area contributed by atoms with Crippen LogP contribution in [0.15, 0.2) is 140 Å². The van der Waals surface area contributed by atoms with Crippen LogP contribution in [0.1, 0.15) is 83.7 Å². The molecule has 9 nitrogen and oxygen atoms in total. The van der Waals surface area contributed by atoms with Crippen LogP contribution in [0.25, 0.3) is 11.1 Å². The Balaban J connectivity index is 1.18. The highest BCUT2D eigenvalue weighted by Crippen LogP contribution is 2.46. The second-order valence-corrected chi connectivity index (χ2v) is 15.7. The number of halogens is 1. The van der Waals surface area contributed by atoms with E-state index in [2.05, 4.69) is 24.0 Å². The molecule has 1 saturated carbocycles. The number of likely N-dealkylation sites (N-methyl/N-ethyl adjacent to an activating group) is 1. The van der Waals surface area contributed by atoms with Crippen molar-refractivity contribution in [3.05, 3.63) is 178 Å². The van der Waals surface area contributed by atoms with Crippen LogP contribution in [-0.4, -0.2) is 61.7 Å². The van der Waals surface area contributed by atoms with Crippen LogP contribution in [0.2, 0.25) is 5.02 Å². The molecule has 7 rings (SSSR count). The number of nitrogens with one attached hydrogen (secondary N) is 1. The smallest absolute Gasteiger partial charge is 0.407 e. The molecule has 0 saturated heterocycles. The fraction of sp³-hybridized carbons (Fsp3) is 0.280. The first kappa shape index (κ1) is 42.0. The van der Waals surface area contributed by atoms with E-state index in [0.29, 0.717) is 27.6 Å². The Bertz CT molecular complexity index is 2280. The van der Waals surface area contributed by atoms with Gasteiger partial charge in [0.25, 0.3) is 0 Å². The van der Waals surface area contributed by atoms with E-state index in [9.17, 15) is 19.2 Å². The molecule has 60 heavy (non-hydrogen) atoms. The predicted molar refractivity (Wildman–Crippen MR) is 232 cm³/mol. The largest absolute Gasteiger partial charge is 0.461 e. The van der Waals surface area contributed by atoms with Gasteiger partial charge >= 0.3 is 18.0 Å². The normalized spacial score (nSPS) is 14.8. The van der Waals surface area contributed by atoms with E-state index in [1.54, 1.807) is 6.07 Å². The van der Waals surface area contributed by atoms with Crippen LogP contribution in [0.4, 0.5) is 4.79 Å². The van der Waals surface area contributed by atoms with Gasteiger partial charge in [0.05, 0.1) is 12.8 Å². The predicted octanol–water partition coefficient (Wildman–Crippen LogP) is 9.71. The standard InChI is InChI=1S/C50H49ClN2O7/c1-3-31-58-46(54)29-30-53(2)48(56)45(52-49(57)59-33-42-40-21-11-9-19-38(40)39-20-10-12-22-41(39)42)32-47(55)60-50(36-17-5-4-6-18-36,43-23-13-14-24-44(43)51)37-27-25-35(26-28-37)34-15-7-8-16-34/h3-6,9-14,17-28,34,42,45H,1,7-8,15-16,29-33H2,2H3,(H,52,57)/t45-,50?/m0/s1. The summed E-state index contributed by atoms with van der Waals surface area (Å²) in [5.74, 6) is -1.70. The zero-order chi connectivity index (χ0) is 42.1. The van der Waals surface area contributed by atoms with Crippen LogP contribution in [-0.2, 0) is 34.2 Å². The average Bonchev–Trinajstić information content (AvgIpc) is 3.93. The van der Waals surface area contributed by atoms with Crippen molar-refractivity contribution in [3.8, 4) is 11.1 Å². The number of benzene rings is 5. The number of rotatable bonds is 16. The Morgan fingerprint density at radius 1 is 0.783 bits per heavy atom. The molecule has 2 atom stereocenters. The molecule has 0 spiro atoms. The van der Waals surface area contributed by atoms with Gasteiger partial charge in [-0.3, -0.25) is 14.4 Å². The lowest BCUT2D eigenvalue weighted by Gasteiger charge is -2.36. The van der Waals surface area contributed by atoms with E-state index in [1.807, 2.05) is 109 Å². The van der Waals surface area contributed by atoms with Crippen molar-refractivity contribution in [2.24, 2.45) is 0 Å². The highest BCUT2D eigenvalue weighted by molar-refractivity contribution is 6.31. The molecule has 2 aliphatic carbocycles. The lowest BCUT2D eigenvalue weighted by atomic mass is 9.79. The van der Waals surface area contributed by atoms with E-state index in [4.69, 9.17) is 25.8 Å². The fourth-order valence-corrected chi connectivity index (χ4v) is 8.81. The van der Waals surface area contributed by atoms with E-state index in [0.717, 1.165) is 35.1 Å². The summed E-state index contributed by atoms with van der Waals surface area (Å²) in [6.45, 7) is 3.56. The molecule has 0 aromatic heterocycles. The zero-order valence-electron chi connectivity index (χ0n) is 33.7. The molecule has 2 aliphatic rings. The van der Waals surface area contributed by atoms with Crippen molar-refractivity contribution in [2.75, 3.05) is 26.8 Å². The van der Waals surface area contributed by atoms with Crippen LogP contribution in [0.5, 0.6) is 0 Å². The van der Waals surface area contributed by atoms with Gasteiger partial charge in [-0.1, -0.05) is 158 Å². The number of amides is 2. The number of ether oxygens (including phenoxy) is 3. The highest BCUT2D eigenvalue weighted by atomic mass is 35.5. The second kappa shape index (κ2) is 19.3. The third-order valence-corrected chi connectivity index (χ3v) is 11.9. The number of alkyl carbamates (subject to hydrolysis) is 1. The van der Waals surface area contributed by atoms with Gasteiger partial charge in [0.1, 0.15) is 19.3 Å². The van der Waals surface area contributed by atoms with Gasteiger partial charge in [0.15, 0.2) is 5.60 Å². The number of hydrogen-bond donors (Lipinski definition) is 1. The van der Waals surface area contributed by atoms with Crippen LogP contribution in [0.3, 0.4) is 0 Å². The van der Waals surface area contributed by atoms with Gasteiger partial charge in [-0.15, -0.1) is 0 Å². The van der Waals surface area contributed by atoms with Gasteiger partial charge in [0, 0.05) is 41.2 Å². The molecule has 10 heteroatoms.